The van der Waals surface area contributed by atoms with Crippen LogP contribution in [0.3, 0.4) is 0 Å². The smallest absolute Gasteiger partial charge is 0.274 e. The van der Waals surface area contributed by atoms with E-state index in [2.05, 4.69) is 22.1 Å². The molecule has 1 heterocycles. The molecule has 0 saturated carbocycles. The van der Waals surface area contributed by atoms with Crippen molar-refractivity contribution in [1.29, 1.82) is 0 Å². The quantitative estimate of drug-likeness (QED) is 0.401. The van der Waals surface area contributed by atoms with E-state index in [-0.39, 0.29) is 10.6 Å². The third kappa shape index (κ3) is 3.93. The van der Waals surface area contributed by atoms with Crippen molar-refractivity contribution in [3.8, 4) is 0 Å². The van der Waals surface area contributed by atoms with Gasteiger partial charge in [0.15, 0.2) is 5.96 Å². The molecule has 1 aromatic carbocycles. The predicted molar refractivity (Wildman–Crippen MR) is 83.3 cm³/mol. The summed E-state index contributed by atoms with van der Waals surface area (Å²) in [5.74, 6) is 1.48. The second kappa shape index (κ2) is 7.06. The summed E-state index contributed by atoms with van der Waals surface area (Å²) in [5.41, 5.74) is 0.821. The summed E-state index contributed by atoms with van der Waals surface area (Å²) in [7, 11) is 1.75. The van der Waals surface area contributed by atoms with Gasteiger partial charge in [0.1, 0.15) is 0 Å². The Hall–Kier alpha value is -2.11. The molecule has 0 radical (unpaired) electrons. The van der Waals surface area contributed by atoms with Crippen LogP contribution >= 0.6 is 0 Å². The molecule has 114 valence electrons. The van der Waals surface area contributed by atoms with Crippen LogP contribution in [0.5, 0.6) is 0 Å². The molecule has 1 atom stereocenters. The van der Waals surface area contributed by atoms with Crippen LogP contribution in [-0.4, -0.2) is 35.9 Å². The Bertz CT molecular complexity index is 530. The minimum absolute atomic E-state index is 0.146. The highest BCUT2D eigenvalue weighted by Crippen LogP contribution is 2.18. The number of aliphatic imine (C=N–C) groups is 1. The normalized spacial score (nSPS) is 19.4. The first-order valence-electron chi connectivity index (χ1n) is 7.29. The van der Waals surface area contributed by atoms with Crippen LogP contribution in [0.15, 0.2) is 29.3 Å². The number of rotatable bonds is 3. The first-order valence-corrected chi connectivity index (χ1v) is 7.29. The van der Waals surface area contributed by atoms with Gasteiger partial charge in [0.05, 0.1) is 4.92 Å². The van der Waals surface area contributed by atoms with Gasteiger partial charge < -0.3 is 10.2 Å². The summed E-state index contributed by atoms with van der Waals surface area (Å²) in [5, 5.41) is 14.3. The Balaban J connectivity index is 2.02. The first kappa shape index (κ1) is 15.3. The van der Waals surface area contributed by atoms with Gasteiger partial charge in [-0.15, -0.1) is 0 Å². The van der Waals surface area contributed by atoms with Gasteiger partial charge in [-0.05, 0) is 18.8 Å². The first-order chi connectivity index (χ1) is 10.1. The highest BCUT2D eigenvalue weighted by Gasteiger charge is 2.20. The molecule has 1 unspecified atom stereocenters. The van der Waals surface area contributed by atoms with Gasteiger partial charge in [-0.1, -0.05) is 25.1 Å². The molecule has 0 aliphatic carbocycles. The Morgan fingerprint density at radius 1 is 1.52 bits per heavy atom. The lowest BCUT2D eigenvalue weighted by Crippen LogP contribution is -2.45. The molecule has 6 nitrogen and oxygen atoms in total. The fourth-order valence-corrected chi connectivity index (χ4v) is 2.73. The van der Waals surface area contributed by atoms with Crippen LogP contribution in [0.2, 0.25) is 0 Å². The molecule has 2 rings (SSSR count). The Morgan fingerprint density at radius 2 is 2.29 bits per heavy atom. The average Bonchev–Trinajstić information content (AvgIpc) is 2.48. The number of hydrogen-bond acceptors (Lipinski definition) is 3. The van der Waals surface area contributed by atoms with E-state index in [0.29, 0.717) is 18.0 Å². The van der Waals surface area contributed by atoms with E-state index in [1.165, 1.54) is 12.5 Å². The number of nitro groups is 1. The molecule has 1 aliphatic rings. The Morgan fingerprint density at radius 3 is 2.95 bits per heavy atom. The van der Waals surface area contributed by atoms with Crippen LogP contribution < -0.4 is 5.32 Å². The van der Waals surface area contributed by atoms with E-state index in [9.17, 15) is 10.1 Å². The number of nitrogens with one attached hydrogen (secondary N) is 1. The highest BCUT2D eigenvalue weighted by molar-refractivity contribution is 5.80. The standard InChI is InChI=1S/C15H22N4O2/c1-12-6-5-9-18(11-12)15(16-2)17-10-13-7-3-4-8-14(13)19(20)21/h3-4,7-8,12H,5-6,9-11H2,1-2H3,(H,16,17). The molecule has 0 bridgehead atoms. The van der Waals surface area contributed by atoms with Gasteiger partial charge in [0.25, 0.3) is 5.69 Å². The van der Waals surface area contributed by atoms with E-state index in [1.807, 2.05) is 6.07 Å². The molecule has 1 aliphatic heterocycles. The average molecular weight is 290 g/mol. The number of para-hydroxylation sites is 1. The summed E-state index contributed by atoms with van der Waals surface area (Å²) < 4.78 is 0. The lowest BCUT2D eigenvalue weighted by molar-refractivity contribution is -0.385. The number of piperidine rings is 1. The minimum atomic E-state index is -0.345. The van der Waals surface area contributed by atoms with Crippen LogP contribution in [-0.2, 0) is 6.54 Å². The maximum Gasteiger partial charge on any atom is 0.274 e. The monoisotopic (exact) mass is 290 g/mol. The van der Waals surface area contributed by atoms with Crippen molar-refractivity contribution in [3.05, 3.63) is 39.9 Å². The summed E-state index contributed by atoms with van der Waals surface area (Å²) in [4.78, 5) is 17.2. The van der Waals surface area contributed by atoms with Gasteiger partial charge in [0, 0.05) is 38.3 Å². The number of nitrogens with zero attached hydrogens (tertiary/aromatic N) is 3. The van der Waals surface area contributed by atoms with Crippen molar-refractivity contribution >= 4 is 11.6 Å². The molecule has 0 amide bonds. The zero-order valence-corrected chi connectivity index (χ0v) is 12.6. The van der Waals surface area contributed by atoms with Crippen LogP contribution in [0.4, 0.5) is 5.69 Å². The molecular weight excluding hydrogens is 268 g/mol. The summed E-state index contributed by atoms with van der Waals surface area (Å²) in [6.07, 6.45) is 2.41. The molecular formula is C15H22N4O2. The lowest BCUT2D eigenvalue weighted by atomic mass is 10.0. The second-order valence-electron chi connectivity index (χ2n) is 5.48. The van der Waals surface area contributed by atoms with Gasteiger partial charge >= 0.3 is 0 Å². The molecule has 6 heteroatoms. The number of guanidine groups is 1. The van der Waals surface area contributed by atoms with E-state index >= 15 is 0 Å². The lowest BCUT2D eigenvalue weighted by Gasteiger charge is -2.33. The van der Waals surface area contributed by atoms with Gasteiger partial charge in [0.2, 0.25) is 0 Å². The third-order valence-electron chi connectivity index (χ3n) is 3.79. The largest absolute Gasteiger partial charge is 0.352 e. The number of hydrogen-bond donors (Lipinski definition) is 1. The maximum atomic E-state index is 11.0. The molecule has 1 N–H and O–H groups in total. The van der Waals surface area contributed by atoms with Gasteiger partial charge in [-0.2, -0.15) is 0 Å². The zero-order chi connectivity index (χ0) is 15.2. The van der Waals surface area contributed by atoms with Crippen molar-refractivity contribution in [2.45, 2.75) is 26.3 Å². The third-order valence-corrected chi connectivity index (χ3v) is 3.79. The Kier molecular flexibility index (Phi) is 5.14. The molecule has 21 heavy (non-hydrogen) atoms. The fraction of sp³-hybridized carbons (Fsp3) is 0.533. The SMILES string of the molecule is CN=C(NCc1ccccc1[N+](=O)[O-])N1CCCC(C)C1. The van der Waals surface area contributed by atoms with E-state index in [4.69, 9.17) is 0 Å². The fourth-order valence-electron chi connectivity index (χ4n) is 2.73. The number of nitro benzene ring substituents is 1. The number of benzene rings is 1. The maximum absolute atomic E-state index is 11.0. The second-order valence-corrected chi connectivity index (χ2v) is 5.48. The molecule has 1 aromatic rings. The van der Waals surface area contributed by atoms with Crippen molar-refractivity contribution < 1.29 is 4.92 Å². The van der Waals surface area contributed by atoms with Crippen molar-refractivity contribution in [3.63, 3.8) is 0 Å². The minimum Gasteiger partial charge on any atom is -0.352 e. The zero-order valence-electron chi connectivity index (χ0n) is 12.6. The van der Waals surface area contributed by atoms with E-state index < -0.39 is 0 Å². The molecule has 1 saturated heterocycles. The van der Waals surface area contributed by atoms with E-state index in [1.54, 1.807) is 19.2 Å². The molecule has 1 fully saturated rings. The molecule has 0 spiro atoms. The summed E-state index contributed by atoms with van der Waals surface area (Å²) >= 11 is 0. The summed E-state index contributed by atoms with van der Waals surface area (Å²) in [6.45, 7) is 4.62. The number of likely N-dealkylation sites (tertiary alicyclic amines) is 1. The Labute approximate surface area is 125 Å². The van der Waals surface area contributed by atoms with Crippen molar-refractivity contribution in [2.24, 2.45) is 10.9 Å². The van der Waals surface area contributed by atoms with Crippen LogP contribution in [0, 0.1) is 16.0 Å². The highest BCUT2D eigenvalue weighted by atomic mass is 16.6. The molecule has 0 aromatic heterocycles. The van der Waals surface area contributed by atoms with Crippen molar-refractivity contribution in [1.82, 2.24) is 10.2 Å². The summed E-state index contributed by atoms with van der Waals surface area (Å²) in [6, 6.07) is 6.80. The topological polar surface area (TPSA) is 70.8 Å². The van der Waals surface area contributed by atoms with Gasteiger partial charge in [-0.25, -0.2) is 0 Å². The van der Waals surface area contributed by atoms with Crippen molar-refractivity contribution in [2.75, 3.05) is 20.1 Å². The van der Waals surface area contributed by atoms with Gasteiger partial charge in [-0.3, -0.25) is 15.1 Å². The predicted octanol–water partition coefficient (Wildman–Crippen LogP) is 2.40. The van der Waals surface area contributed by atoms with E-state index in [0.717, 1.165) is 25.5 Å². The van der Waals surface area contributed by atoms with Crippen LogP contribution in [0.25, 0.3) is 0 Å². The van der Waals surface area contributed by atoms with Crippen LogP contribution in [0.1, 0.15) is 25.3 Å².